The lowest BCUT2D eigenvalue weighted by atomic mass is 10.0. The second-order valence-corrected chi connectivity index (χ2v) is 4.82. The maximum absolute atomic E-state index is 4.47. The second kappa shape index (κ2) is 4.30. The van der Waals surface area contributed by atoms with Crippen molar-refractivity contribution in [2.45, 2.75) is 19.8 Å². The molecule has 0 bridgehead atoms. The zero-order valence-corrected chi connectivity index (χ0v) is 10.00. The molecule has 2 nitrogen and oxygen atoms in total. The Labute approximate surface area is 93.5 Å². The summed E-state index contributed by atoms with van der Waals surface area (Å²) in [6.07, 6.45) is 2.64. The highest BCUT2D eigenvalue weighted by atomic mass is 79.9. The van der Waals surface area contributed by atoms with E-state index in [4.69, 9.17) is 0 Å². The van der Waals surface area contributed by atoms with Crippen molar-refractivity contribution >= 4 is 21.7 Å². The third-order valence-corrected chi connectivity index (χ3v) is 3.12. The first-order chi connectivity index (χ1) is 6.75. The number of aromatic nitrogens is 1. The van der Waals surface area contributed by atoms with E-state index >= 15 is 0 Å². The molecule has 0 radical (unpaired) electrons. The lowest BCUT2D eigenvalue weighted by Gasteiger charge is -2.31. The topological polar surface area (TPSA) is 16.1 Å². The number of nitrogens with zero attached hydrogens (tertiary/aromatic N) is 2. The molecule has 14 heavy (non-hydrogen) atoms. The first-order valence-corrected chi connectivity index (χ1v) is 5.92. The molecule has 76 valence electrons. The normalized spacial score (nSPS) is 22.4. The van der Waals surface area contributed by atoms with Crippen LogP contribution in [0.15, 0.2) is 22.8 Å². The molecule has 1 fully saturated rings. The Hall–Kier alpha value is -0.570. The molecule has 0 spiro atoms. The highest BCUT2D eigenvalue weighted by molar-refractivity contribution is 9.10. The van der Waals surface area contributed by atoms with Gasteiger partial charge in [0.1, 0.15) is 10.4 Å². The minimum Gasteiger partial charge on any atom is -0.356 e. The molecule has 2 heterocycles. The SMILES string of the molecule is CC1CCCN(c2cccc(Br)n2)C1. The summed E-state index contributed by atoms with van der Waals surface area (Å²) >= 11 is 3.41. The van der Waals surface area contributed by atoms with Crippen LogP contribution in [0, 0.1) is 5.92 Å². The molecule has 1 aromatic heterocycles. The molecule has 1 atom stereocenters. The molecule has 0 N–H and O–H groups in total. The summed E-state index contributed by atoms with van der Waals surface area (Å²) in [7, 11) is 0. The molecule has 1 unspecified atom stereocenters. The fraction of sp³-hybridized carbons (Fsp3) is 0.545. The number of hydrogen-bond donors (Lipinski definition) is 0. The van der Waals surface area contributed by atoms with Crippen LogP contribution in [-0.2, 0) is 0 Å². The molecule has 3 heteroatoms. The number of hydrogen-bond acceptors (Lipinski definition) is 2. The summed E-state index contributed by atoms with van der Waals surface area (Å²) < 4.78 is 0.924. The monoisotopic (exact) mass is 254 g/mol. The Morgan fingerprint density at radius 2 is 2.36 bits per heavy atom. The van der Waals surface area contributed by atoms with Crippen molar-refractivity contribution in [1.29, 1.82) is 0 Å². The summed E-state index contributed by atoms with van der Waals surface area (Å²) in [6, 6.07) is 6.10. The molecule has 1 aromatic rings. The quantitative estimate of drug-likeness (QED) is 0.717. The predicted octanol–water partition coefficient (Wildman–Crippen LogP) is 3.08. The van der Waals surface area contributed by atoms with Gasteiger partial charge < -0.3 is 4.90 Å². The Bertz CT molecular complexity index is 314. The van der Waals surface area contributed by atoms with Gasteiger partial charge in [0.25, 0.3) is 0 Å². The smallest absolute Gasteiger partial charge is 0.129 e. The van der Waals surface area contributed by atoms with Gasteiger partial charge in [0.05, 0.1) is 0 Å². The second-order valence-electron chi connectivity index (χ2n) is 4.01. The lowest BCUT2D eigenvalue weighted by Crippen LogP contribution is -2.34. The number of rotatable bonds is 1. The van der Waals surface area contributed by atoms with E-state index in [1.165, 1.54) is 12.8 Å². The lowest BCUT2D eigenvalue weighted by molar-refractivity contribution is 0.444. The zero-order chi connectivity index (χ0) is 9.97. The molecule has 1 aliphatic heterocycles. The van der Waals surface area contributed by atoms with E-state index in [-0.39, 0.29) is 0 Å². The van der Waals surface area contributed by atoms with E-state index in [0.29, 0.717) is 0 Å². The van der Waals surface area contributed by atoms with Gasteiger partial charge in [-0.05, 0) is 46.8 Å². The Morgan fingerprint density at radius 3 is 3.07 bits per heavy atom. The first kappa shape index (κ1) is 9.97. The predicted molar refractivity (Wildman–Crippen MR) is 62.5 cm³/mol. The Balaban J connectivity index is 2.14. The fourth-order valence-electron chi connectivity index (χ4n) is 1.97. The maximum atomic E-state index is 4.47. The van der Waals surface area contributed by atoms with Crippen LogP contribution in [-0.4, -0.2) is 18.1 Å². The largest absolute Gasteiger partial charge is 0.356 e. The van der Waals surface area contributed by atoms with Gasteiger partial charge in [0, 0.05) is 13.1 Å². The highest BCUT2D eigenvalue weighted by Gasteiger charge is 2.17. The van der Waals surface area contributed by atoms with Gasteiger partial charge in [-0.3, -0.25) is 0 Å². The molecule has 0 saturated carbocycles. The van der Waals surface area contributed by atoms with Crippen LogP contribution in [0.2, 0.25) is 0 Å². The first-order valence-electron chi connectivity index (χ1n) is 5.13. The molecule has 1 saturated heterocycles. The molecule has 0 aromatic carbocycles. The Kier molecular flexibility index (Phi) is 3.06. The van der Waals surface area contributed by atoms with E-state index in [9.17, 15) is 0 Å². The van der Waals surface area contributed by atoms with E-state index in [0.717, 1.165) is 29.4 Å². The van der Waals surface area contributed by atoms with E-state index in [2.05, 4.69) is 38.8 Å². The van der Waals surface area contributed by atoms with Crippen LogP contribution >= 0.6 is 15.9 Å². The molecular formula is C11H15BrN2. The van der Waals surface area contributed by atoms with Crippen molar-refractivity contribution in [3.05, 3.63) is 22.8 Å². The highest BCUT2D eigenvalue weighted by Crippen LogP contribution is 2.22. The van der Waals surface area contributed by atoms with Gasteiger partial charge in [-0.15, -0.1) is 0 Å². The molecule has 0 aliphatic carbocycles. The van der Waals surface area contributed by atoms with Gasteiger partial charge in [-0.1, -0.05) is 13.0 Å². The zero-order valence-electron chi connectivity index (χ0n) is 8.41. The summed E-state index contributed by atoms with van der Waals surface area (Å²) in [6.45, 7) is 4.60. The van der Waals surface area contributed by atoms with Gasteiger partial charge >= 0.3 is 0 Å². The van der Waals surface area contributed by atoms with Crippen LogP contribution in [0.4, 0.5) is 5.82 Å². The third kappa shape index (κ3) is 2.27. The summed E-state index contributed by atoms with van der Waals surface area (Å²) in [5.41, 5.74) is 0. The number of halogens is 1. The van der Waals surface area contributed by atoms with Crippen molar-refractivity contribution < 1.29 is 0 Å². The van der Waals surface area contributed by atoms with Crippen molar-refractivity contribution in [3.63, 3.8) is 0 Å². The summed E-state index contributed by atoms with van der Waals surface area (Å²) in [4.78, 5) is 6.85. The van der Waals surface area contributed by atoms with Crippen LogP contribution in [0.25, 0.3) is 0 Å². The molecule has 2 rings (SSSR count). The van der Waals surface area contributed by atoms with Crippen molar-refractivity contribution in [1.82, 2.24) is 4.98 Å². The van der Waals surface area contributed by atoms with Crippen molar-refractivity contribution in [2.24, 2.45) is 5.92 Å². The number of pyridine rings is 1. The van der Waals surface area contributed by atoms with E-state index < -0.39 is 0 Å². The minimum atomic E-state index is 0.796. The fourth-order valence-corrected chi connectivity index (χ4v) is 2.31. The van der Waals surface area contributed by atoms with Crippen molar-refractivity contribution in [3.8, 4) is 0 Å². The van der Waals surface area contributed by atoms with Crippen LogP contribution in [0.1, 0.15) is 19.8 Å². The van der Waals surface area contributed by atoms with Gasteiger partial charge in [-0.2, -0.15) is 0 Å². The number of anilines is 1. The van der Waals surface area contributed by atoms with Gasteiger partial charge in [-0.25, -0.2) is 4.98 Å². The van der Waals surface area contributed by atoms with Crippen LogP contribution in [0.5, 0.6) is 0 Å². The van der Waals surface area contributed by atoms with Crippen LogP contribution < -0.4 is 4.90 Å². The number of piperidine rings is 1. The standard InChI is InChI=1S/C11H15BrN2/c1-9-4-3-7-14(8-9)11-6-2-5-10(12)13-11/h2,5-6,9H,3-4,7-8H2,1H3. The molecule has 0 amide bonds. The maximum Gasteiger partial charge on any atom is 0.129 e. The van der Waals surface area contributed by atoms with Crippen LogP contribution in [0.3, 0.4) is 0 Å². The summed E-state index contributed by atoms with van der Waals surface area (Å²) in [5, 5.41) is 0. The van der Waals surface area contributed by atoms with E-state index in [1.54, 1.807) is 0 Å². The average Bonchev–Trinajstić information content (AvgIpc) is 2.18. The third-order valence-electron chi connectivity index (χ3n) is 2.68. The average molecular weight is 255 g/mol. The van der Waals surface area contributed by atoms with Crippen molar-refractivity contribution in [2.75, 3.05) is 18.0 Å². The minimum absolute atomic E-state index is 0.796. The van der Waals surface area contributed by atoms with E-state index in [1.807, 2.05) is 12.1 Å². The summed E-state index contributed by atoms with van der Waals surface area (Å²) in [5.74, 6) is 1.90. The van der Waals surface area contributed by atoms with Gasteiger partial charge in [0.2, 0.25) is 0 Å². The van der Waals surface area contributed by atoms with Gasteiger partial charge in [0.15, 0.2) is 0 Å². The molecular weight excluding hydrogens is 240 g/mol. The molecule has 1 aliphatic rings. The Morgan fingerprint density at radius 1 is 1.50 bits per heavy atom.